The quantitative estimate of drug-likeness (QED) is 0.698. The summed E-state index contributed by atoms with van der Waals surface area (Å²) in [5.41, 5.74) is 2.93. The first-order chi connectivity index (χ1) is 8.27. The van der Waals surface area contributed by atoms with Gasteiger partial charge in [0.2, 0.25) is 0 Å². The summed E-state index contributed by atoms with van der Waals surface area (Å²) in [6, 6.07) is 2.06. The van der Waals surface area contributed by atoms with E-state index in [1.165, 1.54) is 0 Å². The van der Waals surface area contributed by atoms with E-state index in [1.54, 1.807) is 6.92 Å². The topological polar surface area (TPSA) is 35.5 Å². The number of rotatable bonds is 1. The molecule has 0 unspecified atom stereocenters. The fourth-order valence-electron chi connectivity index (χ4n) is 2.70. The predicted molar refractivity (Wildman–Crippen MR) is 64.1 cm³/mol. The number of aryl methyl sites for hydroxylation is 1. The maximum atomic E-state index is 11.9. The van der Waals surface area contributed by atoms with Crippen molar-refractivity contribution in [3.63, 3.8) is 0 Å². The SMILES string of the molecule is CC(=O)c1c2c(cc3c1OCCC3)OCCC2. The third-order valence-electron chi connectivity index (χ3n) is 3.44. The average Bonchev–Trinajstić information content (AvgIpc) is 2.35. The number of carbonyl (C=O) groups is 1. The lowest BCUT2D eigenvalue weighted by atomic mass is 9.91. The lowest BCUT2D eigenvalue weighted by molar-refractivity contribution is 0.101. The molecule has 90 valence electrons. The first kappa shape index (κ1) is 10.6. The summed E-state index contributed by atoms with van der Waals surface area (Å²) < 4.78 is 11.4. The number of ketones is 1. The molecule has 3 nitrogen and oxygen atoms in total. The molecule has 3 rings (SSSR count). The van der Waals surface area contributed by atoms with Crippen molar-refractivity contribution < 1.29 is 14.3 Å². The Morgan fingerprint density at radius 1 is 1.18 bits per heavy atom. The Morgan fingerprint density at radius 3 is 2.76 bits per heavy atom. The second-order valence-electron chi connectivity index (χ2n) is 4.68. The predicted octanol–water partition coefficient (Wildman–Crippen LogP) is 2.54. The van der Waals surface area contributed by atoms with E-state index in [0.717, 1.165) is 60.5 Å². The van der Waals surface area contributed by atoms with Gasteiger partial charge in [0.15, 0.2) is 5.78 Å². The van der Waals surface area contributed by atoms with Crippen molar-refractivity contribution in [2.24, 2.45) is 0 Å². The lowest BCUT2D eigenvalue weighted by Gasteiger charge is -2.26. The van der Waals surface area contributed by atoms with Gasteiger partial charge in [0.1, 0.15) is 11.5 Å². The number of ether oxygens (including phenoxy) is 2. The third kappa shape index (κ3) is 1.70. The van der Waals surface area contributed by atoms with E-state index in [0.29, 0.717) is 6.61 Å². The van der Waals surface area contributed by atoms with Crippen molar-refractivity contribution in [3.8, 4) is 11.5 Å². The number of fused-ring (bicyclic) bond motifs is 2. The van der Waals surface area contributed by atoms with Gasteiger partial charge in [-0.2, -0.15) is 0 Å². The summed E-state index contributed by atoms with van der Waals surface area (Å²) in [4.78, 5) is 11.9. The molecular formula is C14H16O3. The number of benzene rings is 1. The Kier molecular flexibility index (Phi) is 2.54. The van der Waals surface area contributed by atoms with E-state index in [1.807, 2.05) is 0 Å². The van der Waals surface area contributed by atoms with E-state index < -0.39 is 0 Å². The highest BCUT2D eigenvalue weighted by atomic mass is 16.5. The van der Waals surface area contributed by atoms with Gasteiger partial charge in [0.25, 0.3) is 0 Å². The summed E-state index contributed by atoms with van der Waals surface area (Å²) >= 11 is 0. The van der Waals surface area contributed by atoms with Crippen LogP contribution in [0.2, 0.25) is 0 Å². The smallest absolute Gasteiger partial charge is 0.163 e. The second-order valence-corrected chi connectivity index (χ2v) is 4.68. The van der Waals surface area contributed by atoms with Crippen molar-refractivity contribution in [2.75, 3.05) is 13.2 Å². The van der Waals surface area contributed by atoms with Gasteiger partial charge < -0.3 is 9.47 Å². The minimum Gasteiger partial charge on any atom is -0.493 e. The molecule has 0 aromatic heterocycles. The summed E-state index contributed by atoms with van der Waals surface area (Å²) in [5, 5.41) is 0. The van der Waals surface area contributed by atoms with Crippen molar-refractivity contribution in [3.05, 3.63) is 22.8 Å². The maximum Gasteiger partial charge on any atom is 0.163 e. The van der Waals surface area contributed by atoms with Crippen LogP contribution in [0.15, 0.2) is 6.07 Å². The molecule has 0 saturated heterocycles. The first-order valence-electron chi connectivity index (χ1n) is 6.22. The van der Waals surface area contributed by atoms with Gasteiger partial charge in [-0.1, -0.05) is 0 Å². The third-order valence-corrected chi connectivity index (χ3v) is 3.44. The molecule has 0 bridgehead atoms. The zero-order valence-electron chi connectivity index (χ0n) is 10.0. The zero-order valence-corrected chi connectivity index (χ0v) is 10.0. The van der Waals surface area contributed by atoms with Crippen molar-refractivity contribution in [1.29, 1.82) is 0 Å². The number of hydrogen-bond donors (Lipinski definition) is 0. The van der Waals surface area contributed by atoms with E-state index in [9.17, 15) is 4.79 Å². The van der Waals surface area contributed by atoms with Crippen LogP contribution in [0.25, 0.3) is 0 Å². The minimum atomic E-state index is 0.0884. The Balaban J connectivity index is 2.23. The molecule has 0 N–H and O–H groups in total. The number of Topliss-reactive ketones (excluding diaryl/α,β-unsaturated/α-hetero) is 1. The lowest BCUT2D eigenvalue weighted by Crippen LogP contribution is -2.18. The minimum absolute atomic E-state index is 0.0884. The maximum absolute atomic E-state index is 11.9. The van der Waals surface area contributed by atoms with Gasteiger partial charge in [-0.25, -0.2) is 0 Å². The largest absolute Gasteiger partial charge is 0.493 e. The van der Waals surface area contributed by atoms with Crippen molar-refractivity contribution >= 4 is 5.78 Å². The Morgan fingerprint density at radius 2 is 1.94 bits per heavy atom. The Labute approximate surface area is 101 Å². The highest BCUT2D eigenvalue weighted by molar-refractivity contribution is 5.99. The van der Waals surface area contributed by atoms with Crippen molar-refractivity contribution in [1.82, 2.24) is 0 Å². The summed E-state index contributed by atoms with van der Waals surface area (Å²) in [6.07, 6.45) is 3.89. The van der Waals surface area contributed by atoms with Gasteiger partial charge in [-0.05, 0) is 44.2 Å². The second kappa shape index (κ2) is 4.06. The van der Waals surface area contributed by atoms with Crippen LogP contribution in [-0.4, -0.2) is 19.0 Å². The molecule has 0 atom stereocenters. The van der Waals surface area contributed by atoms with Crippen LogP contribution in [-0.2, 0) is 12.8 Å². The molecule has 2 aliphatic heterocycles. The fourth-order valence-corrected chi connectivity index (χ4v) is 2.70. The van der Waals surface area contributed by atoms with E-state index >= 15 is 0 Å². The van der Waals surface area contributed by atoms with Gasteiger partial charge in [0, 0.05) is 5.56 Å². The van der Waals surface area contributed by atoms with E-state index in [2.05, 4.69) is 6.07 Å². The summed E-state index contributed by atoms with van der Waals surface area (Å²) in [5.74, 6) is 1.80. The molecule has 0 aliphatic carbocycles. The summed E-state index contributed by atoms with van der Waals surface area (Å²) in [7, 11) is 0. The molecule has 2 aliphatic rings. The highest BCUT2D eigenvalue weighted by Crippen LogP contribution is 2.39. The van der Waals surface area contributed by atoms with Gasteiger partial charge in [-0.15, -0.1) is 0 Å². The molecule has 1 aromatic carbocycles. The highest BCUT2D eigenvalue weighted by Gasteiger charge is 2.26. The number of hydrogen-bond acceptors (Lipinski definition) is 3. The first-order valence-corrected chi connectivity index (χ1v) is 6.22. The molecular weight excluding hydrogens is 216 g/mol. The van der Waals surface area contributed by atoms with Crippen LogP contribution >= 0.6 is 0 Å². The zero-order chi connectivity index (χ0) is 11.8. The fraction of sp³-hybridized carbons (Fsp3) is 0.500. The molecule has 1 aromatic rings. The van der Waals surface area contributed by atoms with Crippen LogP contribution in [0.1, 0.15) is 41.3 Å². The standard InChI is InChI=1S/C14H16O3/c1-9(15)13-11-5-3-6-16-12(11)8-10-4-2-7-17-14(10)13/h8H,2-7H2,1H3. The van der Waals surface area contributed by atoms with Crippen LogP contribution in [0.5, 0.6) is 11.5 Å². The van der Waals surface area contributed by atoms with Gasteiger partial charge in [-0.3, -0.25) is 4.79 Å². The molecule has 2 heterocycles. The van der Waals surface area contributed by atoms with Gasteiger partial charge >= 0.3 is 0 Å². The molecule has 0 radical (unpaired) electrons. The monoisotopic (exact) mass is 232 g/mol. The molecule has 0 fully saturated rings. The van der Waals surface area contributed by atoms with Gasteiger partial charge in [0.05, 0.1) is 18.8 Å². The molecule has 0 saturated carbocycles. The van der Waals surface area contributed by atoms with Crippen LogP contribution in [0.4, 0.5) is 0 Å². The normalized spacial score (nSPS) is 17.5. The molecule has 0 spiro atoms. The Hall–Kier alpha value is -1.51. The van der Waals surface area contributed by atoms with E-state index in [-0.39, 0.29) is 5.78 Å². The van der Waals surface area contributed by atoms with Crippen LogP contribution in [0.3, 0.4) is 0 Å². The van der Waals surface area contributed by atoms with E-state index in [4.69, 9.17) is 9.47 Å². The Bertz CT molecular complexity index is 443. The van der Waals surface area contributed by atoms with Crippen LogP contribution in [0, 0.1) is 0 Å². The summed E-state index contributed by atoms with van der Waals surface area (Å²) in [6.45, 7) is 3.08. The van der Waals surface area contributed by atoms with Crippen LogP contribution < -0.4 is 9.47 Å². The average molecular weight is 232 g/mol. The molecule has 3 heteroatoms. The molecule has 17 heavy (non-hydrogen) atoms. The number of carbonyl (C=O) groups excluding carboxylic acids is 1. The molecule has 0 amide bonds. The van der Waals surface area contributed by atoms with Crippen molar-refractivity contribution in [2.45, 2.75) is 32.6 Å².